The number of hydrogen-bond donors (Lipinski definition) is 1. The number of para-hydroxylation sites is 1. The van der Waals surface area contributed by atoms with Crippen LogP contribution in [0.4, 0.5) is 0 Å². The van der Waals surface area contributed by atoms with Crippen molar-refractivity contribution in [1.82, 2.24) is 0 Å². The highest BCUT2D eigenvalue weighted by Gasteiger charge is 2.16. The fraction of sp³-hybridized carbons (Fsp3) is 0.500. The van der Waals surface area contributed by atoms with E-state index in [9.17, 15) is 0 Å². The maximum absolute atomic E-state index is 8.81. The van der Waals surface area contributed by atoms with Crippen molar-refractivity contribution >= 4 is 15.9 Å². The Kier molecular flexibility index (Phi) is 5.63. The minimum absolute atomic E-state index is 0.171. The molecule has 0 saturated carbocycles. The molecule has 0 saturated heterocycles. The zero-order chi connectivity index (χ0) is 12.0. The van der Waals surface area contributed by atoms with Gasteiger partial charge in [-0.2, -0.15) is 0 Å². The van der Waals surface area contributed by atoms with E-state index < -0.39 is 0 Å². The summed E-state index contributed by atoms with van der Waals surface area (Å²) in [6, 6.07) is 5.80. The highest BCUT2D eigenvalue weighted by Crippen LogP contribution is 2.39. The van der Waals surface area contributed by atoms with Gasteiger partial charge in [0, 0.05) is 17.0 Å². The number of methoxy groups -OCH3 is 2. The Morgan fingerprint density at radius 2 is 2.06 bits per heavy atom. The normalized spacial score (nSPS) is 12.2. The first-order valence-corrected chi connectivity index (χ1v) is 6.12. The van der Waals surface area contributed by atoms with Crippen LogP contribution in [0.5, 0.6) is 11.5 Å². The molecule has 1 N–H and O–H groups in total. The minimum atomic E-state index is 0.171. The molecule has 1 unspecified atom stereocenters. The maximum atomic E-state index is 8.81. The summed E-state index contributed by atoms with van der Waals surface area (Å²) >= 11 is 3.60. The van der Waals surface area contributed by atoms with Gasteiger partial charge in [0.1, 0.15) is 0 Å². The summed E-state index contributed by atoms with van der Waals surface area (Å²) in [6.07, 6.45) is 1.62. The van der Waals surface area contributed by atoms with Crippen molar-refractivity contribution < 1.29 is 14.6 Å². The number of aliphatic hydroxyl groups is 1. The van der Waals surface area contributed by atoms with Crippen molar-refractivity contribution in [1.29, 1.82) is 0 Å². The Hall–Kier alpha value is -0.740. The van der Waals surface area contributed by atoms with Gasteiger partial charge in [-0.25, -0.2) is 0 Å². The third kappa shape index (κ3) is 3.12. The van der Waals surface area contributed by atoms with Crippen LogP contribution in [0, 0.1) is 0 Å². The minimum Gasteiger partial charge on any atom is -0.493 e. The number of halogens is 1. The Labute approximate surface area is 105 Å². The topological polar surface area (TPSA) is 38.7 Å². The van der Waals surface area contributed by atoms with E-state index in [-0.39, 0.29) is 11.4 Å². The van der Waals surface area contributed by atoms with E-state index in [1.807, 2.05) is 18.2 Å². The largest absolute Gasteiger partial charge is 0.493 e. The van der Waals surface area contributed by atoms with E-state index in [0.29, 0.717) is 0 Å². The number of aliphatic hydroxyl groups excluding tert-OH is 1. The van der Waals surface area contributed by atoms with Gasteiger partial charge in [0.25, 0.3) is 0 Å². The fourth-order valence-corrected chi connectivity index (χ4v) is 2.27. The van der Waals surface area contributed by atoms with E-state index in [1.165, 1.54) is 0 Å². The van der Waals surface area contributed by atoms with E-state index in [1.54, 1.807) is 14.2 Å². The highest BCUT2D eigenvalue weighted by molar-refractivity contribution is 9.09. The van der Waals surface area contributed by atoms with Crippen molar-refractivity contribution in [3.05, 3.63) is 23.8 Å². The molecule has 0 amide bonds. The van der Waals surface area contributed by atoms with Crippen molar-refractivity contribution in [3.8, 4) is 11.5 Å². The summed E-state index contributed by atoms with van der Waals surface area (Å²) in [6.45, 7) is 0.203. The monoisotopic (exact) mass is 288 g/mol. The molecule has 3 nitrogen and oxygen atoms in total. The molecule has 0 heterocycles. The molecular formula is C12H17BrO3. The first-order valence-electron chi connectivity index (χ1n) is 5.20. The molecule has 0 aliphatic heterocycles. The summed E-state index contributed by atoms with van der Waals surface area (Å²) < 4.78 is 10.6. The molecule has 1 atom stereocenters. The van der Waals surface area contributed by atoms with Gasteiger partial charge in [-0.3, -0.25) is 0 Å². The van der Waals surface area contributed by atoms with Crippen LogP contribution in [-0.2, 0) is 0 Å². The van der Waals surface area contributed by atoms with Crippen molar-refractivity contribution in [3.63, 3.8) is 0 Å². The lowest BCUT2D eigenvalue weighted by Crippen LogP contribution is -1.99. The number of ether oxygens (including phenoxy) is 2. The molecule has 1 aromatic carbocycles. The van der Waals surface area contributed by atoms with Gasteiger partial charge in [0.2, 0.25) is 0 Å². The van der Waals surface area contributed by atoms with Gasteiger partial charge in [-0.1, -0.05) is 28.1 Å². The van der Waals surface area contributed by atoms with Gasteiger partial charge in [0.15, 0.2) is 11.5 Å². The average molecular weight is 289 g/mol. The lowest BCUT2D eigenvalue weighted by molar-refractivity contribution is 0.284. The summed E-state index contributed by atoms with van der Waals surface area (Å²) in [5.74, 6) is 1.48. The molecular weight excluding hydrogens is 272 g/mol. The van der Waals surface area contributed by atoms with Gasteiger partial charge in [0.05, 0.1) is 14.2 Å². The van der Waals surface area contributed by atoms with E-state index >= 15 is 0 Å². The molecule has 90 valence electrons. The third-order valence-corrected chi connectivity index (χ3v) is 3.34. The van der Waals surface area contributed by atoms with Gasteiger partial charge >= 0.3 is 0 Å². The summed E-state index contributed by atoms with van der Waals surface area (Å²) in [7, 11) is 3.26. The molecule has 0 fully saturated rings. The summed E-state index contributed by atoms with van der Waals surface area (Å²) in [5, 5.41) is 8.81. The molecule has 4 heteroatoms. The molecule has 0 spiro atoms. The second kappa shape index (κ2) is 6.76. The fourth-order valence-electron chi connectivity index (χ4n) is 1.58. The van der Waals surface area contributed by atoms with E-state index in [4.69, 9.17) is 14.6 Å². The van der Waals surface area contributed by atoms with Gasteiger partial charge < -0.3 is 14.6 Å². The van der Waals surface area contributed by atoms with Crippen molar-refractivity contribution in [2.75, 3.05) is 20.8 Å². The second-order valence-corrected chi connectivity index (χ2v) is 4.52. The molecule has 0 aliphatic carbocycles. The molecule has 0 aromatic heterocycles. The Balaban J connectivity index is 2.93. The Bertz CT molecular complexity index is 328. The van der Waals surface area contributed by atoms with Crippen LogP contribution in [0.1, 0.15) is 23.2 Å². The van der Waals surface area contributed by atoms with Crippen LogP contribution in [0.15, 0.2) is 18.2 Å². The van der Waals surface area contributed by atoms with Crippen LogP contribution in [0.25, 0.3) is 0 Å². The lowest BCUT2D eigenvalue weighted by atomic mass is 10.1. The maximum Gasteiger partial charge on any atom is 0.165 e. The van der Waals surface area contributed by atoms with Crippen LogP contribution in [0.2, 0.25) is 0 Å². The number of benzene rings is 1. The van der Waals surface area contributed by atoms with Gasteiger partial charge in [-0.05, 0) is 18.9 Å². The van der Waals surface area contributed by atoms with Gasteiger partial charge in [-0.15, -0.1) is 0 Å². The lowest BCUT2D eigenvalue weighted by Gasteiger charge is -2.16. The Morgan fingerprint density at radius 1 is 1.31 bits per heavy atom. The quantitative estimate of drug-likeness (QED) is 0.818. The third-order valence-electron chi connectivity index (χ3n) is 2.39. The first-order chi connectivity index (χ1) is 7.74. The smallest absolute Gasteiger partial charge is 0.165 e. The number of hydrogen-bond acceptors (Lipinski definition) is 3. The molecule has 1 rings (SSSR count). The van der Waals surface area contributed by atoms with Crippen LogP contribution in [0.3, 0.4) is 0 Å². The predicted octanol–water partition coefficient (Wildman–Crippen LogP) is 2.91. The van der Waals surface area contributed by atoms with Crippen LogP contribution < -0.4 is 9.47 Å². The van der Waals surface area contributed by atoms with Crippen molar-refractivity contribution in [2.24, 2.45) is 0 Å². The Morgan fingerprint density at radius 3 is 2.62 bits per heavy atom. The van der Waals surface area contributed by atoms with Crippen LogP contribution in [-0.4, -0.2) is 25.9 Å². The highest BCUT2D eigenvalue weighted by atomic mass is 79.9. The number of alkyl halides is 1. The van der Waals surface area contributed by atoms with E-state index in [2.05, 4.69) is 15.9 Å². The number of rotatable bonds is 6. The molecule has 0 radical (unpaired) electrons. The standard InChI is InChI=1S/C12H17BrO3/c1-15-11-7-3-5-9(12(11)16-2)10(13)6-4-8-14/h3,5,7,10,14H,4,6,8H2,1-2H3. The zero-order valence-electron chi connectivity index (χ0n) is 9.57. The molecule has 1 aromatic rings. The average Bonchev–Trinajstić information content (AvgIpc) is 2.34. The molecule has 0 aliphatic rings. The predicted molar refractivity (Wildman–Crippen MR) is 67.5 cm³/mol. The van der Waals surface area contributed by atoms with Crippen molar-refractivity contribution in [2.45, 2.75) is 17.7 Å². The zero-order valence-corrected chi connectivity index (χ0v) is 11.2. The summed E-state index contributed by atoms with van der Waals surface area (Å²) in [4.78, 5) is 0.171. The van der Waals surface area contributed by atoms with Crippen LogP contribution >= 0.6 is 15.9 Å². The molecule has 0 bridgehead atoms. The summed E-state index contributed by atoms with van der Waals surface area (Å²) in [5.41, 5.74) is 1.05. The first kappa shape index (κ1) is 13.3. The second-order valence-electron chi connectivity index (χ2n) is 3.42. The van der Waals surface area contributed by atoms with E-state index in [0.717, 1.165) is 29.9 Å². The molecule has 16 heavy (non-hydrogen) atoms. The SMILES string of the molecule is COc1cccc(C(Br)CCCO)c1OC.